The fourth-order valence-electron chi connectivity index (χ4n) is 2.32. The highest BCUT2D eigenvalue weighted by molar-refractivity contribution is 6.30. The van der Waals surface area contributed by atoms with Crippen molar-refractivity contribution in [2.75, 3.05) is 14.2 Å². The third kappa shape index (κ3) is 2.17. The molecule has 0 unspecified atom stereocenters. The molecule has 1 N–H and O–H groups in total. The van der Waals surface area contributed by atoms with E-state index < -0.39 is 0 Å². The molecule has 0 aliphatic carbocycles. The van der Waals surface area contributed by atoms with Crippen molar-refractivity contribution in [3.05, 3.63) is 29.3 Å². The molecule has 0 saturated carbocycles. The standard InChI is InChI=1S/C14H13ClN4O2/c1-7-8-5-16-10(15)4-9(8)19-12(7)11-13(20-2)17-6-18-14(11)21-3/h4-6,19H,1-3H3. The molecule has 6 nitrogen and oxygen atoms in total. The van der Waals surface area contributed by atoms with Crippen LogP contribution in [-0.4, -0.2) is 34.2 Å². The lowest BCUT2D eigenvalue weighted by atomic mass is 10.1. The number of aromatic nitrogens is 4. The van der Waals surface area contributed by atoms with Gasteiger partial charge < -0.3 is 14.5 Å². The van der Waals surface area contributed by atoms with E-state index in [1.54, 1.807) is 26.5 Å². The van der Waals surface area contributed by atoms with Crippen LogP contribution in [0.4, 0.5) is 0 Å². The summed E-state index contributed by atoms with van der Waals surface area (Å²) >= 11 is 5.94. The summed E-state index contributed by atoms with van der Waals surface area (Å²) in [5.41, 5.74) is 3.38. The molecule has 0 atom stereocenters. The second-order valence-electron chi connectivity index (χ2n) is 4.44. The summed E-state index contributed by atoms with van der Waals surface area (Å²) in [4.78, 5) is 15.7. The minimum atomic E-state index is 0.429. The monoisotopic (exact) mass is 304 g/mol. The van der Waals surface area contributed by atoms with Gasteiger partial charge in [-0.1, -0.05) is 11.6 Å². The molecule has 7 heteroatoms. The van der Waals surface area contributed by atoms with Crippen molar-refractivity contribution < 1.29 is 9.47 Å². The summed E-state index contributed by atoms with van der Waals surface area (Å²) in [5.74, 6) is 0.881. The molecule has 3 aromatic heterocycles. The Hall–Kier alpha value is -2.34. The molecule has 3 aromatic rings. The molecule has 0 radical (unpaired) electrons. The first-order chi connectivity index (χ1) is 10.2. The normalized spacial score (nSPS) is 10.9. The molecule has 3 rings (SSSR count). The first kappa shape index (κ1) is 13.6. The van der Waals surface area contributed by atoms with Crippen LogP contribution < -0.4 is 9.47 Å². The number of aromatic amines is 1. The Labute approximate surface area is 126 Å². The predicted octanol–water partition coefficient (Wildman–Crippen LogP) is 3.00. The smallest absolute Gasteiger partial charge is 0.229 e. The van der Waals surface area contributed by atoms with Crippen molar-refractivity contribution in [2.24, 2.45) is 0 Å². The molecule has 0 aromatic carbocycles. The summed E-state index contributed by atoms with van der Waals surface area (Å²) in [6.45, 7) is 1.98. The maximum Gasteiger partial charge on any atom is 0.229 e. The summed E-state index contributed by atoms with van der Waals surface area (Å²) in [5, 5.41) is 1.40. The van der Waals surface area contributed by atoms with Gasteiger partial charge >= 0.3 is 0 Å². The van der Waals surface area contributed by atoms with Crippen molar-refractivity contribution in [3.63, 3.8) is 0 Å². The first-order valence-corrected chi connectivity index (χ1v) is 6.60. The van der Waals surface area contributed by atoms with Crippen molar-refractivity contribution in [3.8, 4) is 23.0 Å². The van der Waals surface area contributed by atoms with Gasteiger partial charge in [0.25, 0.3) is 0 Å². The summed E-state index contributed by atoms with van der Waals surface area (Å²) in [6.07, 6.45) is 3.13. The number of ether oxygens (including phenoxy) is 2. The molecule has 21 heavy (non-hydrogen) atoms. The van der Waals surface area contributed by atoms with Crippen LogP contribution in [-0.2, 0) is 0 Å². The maximum atomic E-state index is 5.94. The zero-order valence-corrected chi connectivity index (χ0v) is 12.5. The summed E-state index contributed by atoms with van der Waals surface area (Å²) in [7, 11) is 3.11. The molecule has 0 bridgehead atoms. The van der Waals surface area contributed by atoms with Crippen molar-refractivity contribution in [2.45, 2.75) is 6.92 Å². The molecule has 0 amide bonds. The molecule has 3 heterocycles. The number of nitrogens with zero attached hydrogens (tertiary/aromatic N) is 3. The Morgan fingerprint density at radius 3 is 2.38 bits per heavy atom. The Morgan fingerprint density at radius 1 is 1.10 bits per heavy atom. The second kappa shape index (κ2) is 5.21. The van der Waals surface area contributed by atoms with E-state index in [1.165, 1.54) is 6.33 Å². The van der Waals surface area contributed by atoms with Gasteiger partial charge in [0.2, 0.25) is 11.8 Å². The van der Waals surface area contributed by atoms with Gasteiger partial charge in [0.15, 0.2) is 0 Å². The highest BCUT2D eigenvalue weighted by Gasteiger charge is 2.20. The predicted molar refractivity (Wildman–Crippen MR) is 80.0 cm³/mol. The van der Waals surface area contributed by atoms with Crippen molar-refractivity contribution in [1.29, 1.82) is 0 Å². The van der Waals surface area contributed by atoms with Crippen molar-refractivity contribution in [1.82, 2.24) is 19.9 Å². The number of halogens is 1. The molecule has 108 valence electrons. The van der Waals surface area contributed by atoms with E-state index in [4.69, 9.17) is 21.1 Å². The van der Waals surface area contributed by atoms with Crippen LogP contribution in [0.3, 0.4) is 0 Å². The van der Waals surface area contributed by atoms with Crippen LogP contribution in [0.15, 0.2) is 18.6 Å². The number of fused-ring (bicyclic) bond motifs is 1. The van der Waals surface area contributed by atoms with Crippen LogP contribution in [0.1, 0.15) is 5.56 Å². The zero-order valence-electron chi connectivity index (χ0n) is 11.8. The number of rotatable bonds is 3. The molecular weight excluding hydrogens is 292 g/mol. The number of hydrogen-bond donors (Lipinski definition) is 1. The minimum absolute atomic E-state index is 0.429. The van der Waals surface area contributed by atoms with Gasteiger partial charge in [-0.15, -0.1) is 0 Å². The SMILES string of the molecule is COc1ncnc(OC)c1-c1[nH]c2cc(Cl)ncc2c1C. The molecular formula is C14H13ClN4O2. The lowest BCUT2D eigenvalue weighted by Gasteiger charge is -2.10. The Morgan fingerprint density at radius 2 is 1.76 bits per heavy atom. The van der Waals surface area contributed by atoms with E-state index in [9.17, 15) is 0 Å². The van der Waals surface area contributed by atoms with Gasteiger partial charge in [-0.3, -0.25) is 0 Å². The van der Waals surface area contributed by atoms with E-state index in [2.05, 4.69) is 19.9 Å². The van der Waals surface area contributed by atoms with Gasteiger partial charge in [-0.2, -0.15) is 0 Å². The van der Waals surface area contributed by atoms with Gasteiger partial charge in [-0.05, 0) is 18.6 Å². The van der Waals surface area contributed by atoms with Crippen LogP contribution in [0.2, 0.25) is 5.15 Å². The fourth-order valence-corrected chi connectivity index (χ4v) is 2.48. The average Bonchev–Trinajstić information content (AvgIpc) is 2.82. The number of hydrogen-bond acceptors (Lipinski definition) is 5. The number of aryl methyl sites for hydroxylation is 1. The highest BCUT2D eigenvalue weighted by Crippen LogP contribution is 2.38. The van der Waals surface area contributed by atoms with E-state index >= 15 is 0 Å². The van der Waals surface area contributed by atoms with Crippen LogP contribution in [0, 0.1) is 6.92 Å². The minimum Gasteiger partial charge on any atom is -0.480 e. The average molecular weight is 305 g/mol. The number of H-pyrrole nitrogens is 1. The lowest BCUT2D eigenvalue weighted by molar-refractivity contribution is 0.374. The highest BCUT2D eigenvalue weighted by atomic mass is 35.5. The Balaban J connectivity index is 2.32. The molecule has 0 aliphatic rings. The fraction of sp³-hybridized carbons (Fsp3) is 0.214. The Bertz CT molecular complexity index is 794. The quantitative estimate of drug-likeness (QED) is 0.753. The summed E-state index contributed by atoms with van der Waals surface area (Å²) < 4.78 is 10.6. The van der Waals surface area contributed by atoms with Crippen LogP contribution >= 0.6 is 11.6 Å². The molecule has 0 fully saturated rings. The first-order valence-electron chi connectivity index (χ1n) is 6.23. The Kier molecular flexibility index (Phi) is 3.39. The molecule has 0 aliphatic heterocycles. The number of methoxy groups -OCH3 is 2. The summed E-state index contributed by atoms with van der Waals surface area (Å²) in [6, 6.07) is 1.77. The second-order valence-corrected chi connectivity index (χ2v) is 4.83. The lowest BCUT2D eigenvalue weighted by Crippen LogP contribution is -1.98. The van der Waals surface area contributed by atoms with E-state index in [0.29, 0.717) is 22.5 Å². The number of nitrogens with one attached hydrogen (secondary N) is 1. The topological polar surface area (TPSA) is 72.9 Å². The van der Waals surface area contributed by atoms with Gasteiger partial charge in [0.05, 0.1) is 25.4 Å². The van der Waals surface area contributed by atoms with E-state index in [-0.39, 0.29) is 0 Å². The largest absolute Gasteiger partial charge is 0.480 e. The third-order valence-corrected chi connectivity index (χ3v) is 3.53. The molecule has 0 spiro atoms. The third-order valence-electron chi connectivity index (χ3n) is 3.32. The van der Waals surface area contributed by atoms with Crippen LogP contribution in [0.5, 0.6) is 11.8 Å². The maximum absolute atomic E-state index is 5.94. The van der Waals surface area contributed by atoms with Crippen molar-refractivity contribution >= 4 is 22.5 Å². The molecule has 0 saturated heterocycles. The van der Waals surface area contributed by atoms with Gasteiger partial charge in [0.1, 0.15) is 17.0 Å². The van der Waals surface area contributed by atoms with E-state index in [0.717, 1.165) is 22.2 Å². The van der Waals surface area contributed by atoms with Gasteiger partial charge in [0, 0.05) is 11.6 Å². The van der Waals surface area contributed by atoms with E-state index in [1.807, 2.05) is 6.92 Å². The zero-order chi connectivity index (χ0) is 15.0. The van der Waals surface area contributed by atoms with Gasteiger partial charge in [-0.25, -0.2) is 15.0 Å². The number of pyridine rings is 1. The van der Waals surface area contributed by atoms with Crippen LogP contribution in [0.25, 0.3) is 22.2 Å².